The quantitative estimate of drug-likeness (QED) is 0.588. The van der Waals surface area contributed by atoms with E-state index in [1.54, 1.807) is 0 Å². The Kier molecular flexibility index (Phi) is 3.16. The zero-order valence-electron chi connectivity index (χ0n) is 8.57. The Balaban J connectivity index is 2.29. The maximum absolute atomic E-state index is 7.54. The van der Waals surface area contributed by atoms with Crippen molar-refractivity contribution in [1.82, 2.24) is 0 Å². The van der Waals surface area contributed by atoms with Gasteiger partial charge in [-0.3, -0.25) is 5.41 Å². The number of hydrogen-bond acceptors (Lipinski definition) is 3. The van der Waals surface area contributed by atoms with Crippen molar-refractivity contribution in [2.75, 3.05) is 29.5 Å². The maximum atomic E-state index is 7.54. The van der Waals surface area contributed by atoms with Gasteiger partial charge in [0, 0.05) is 35.8 Å². The highest BCUT2D eigenvalue weighted by Gasteiger charge is 2.14. The van der Waals surface area contributed by atoms with Crippen molar-refractivity contribution < 1.29 is 0 Å². The number of benzene rings is 1. The maximum Gasteiger partial charge on any atom is 0.124 e. The van der Waals surface area contributed by atoms with Crippen LogP contribution in [0.15, 0.2) is 24.3 Å². The Labute approximate surface area is 94.2 Å². The molecule has 1 aliphatic rings. The van der Waals surface area contributed by atoms with Crippen molar-refractivity contribution in [3.63, 3.8) is 0 Å². The van der Waals surface area contributed by atoms with Crippen LogP contribution in [0, 0.1) is 5.41 Å². The Bertz CT molecular complexity index is 359. The van der Waals surface area contributed by atoms with Crippen molar-refractivity contribution in [3.8, 4) is 0 Å². The summed E-state index contributed by atoms with van der Waals surface area (Å²) in [5, 5.41) is 7.54. The van der Waals surface area contributed by atoms with E-state index in [1.165, 1.54) is 0 Å². The van der Waals surface area contributed by atoms with Crippen molar-refractivity contribution in [1.29, 1.82) is 5.41 Å². The predicted molar refractivity (Wildman–Crippen MR) is 67.0 cm³/mol. The molecule has 0 saturated carbocycles. The van der Waals surface area contributed by atoms with E-state index in [-0.39, 0.29) is 5.84 Å². The van der Waals surface area contributed by atoms with E-state index in [4.69, 9.17) is 11.1 Å². The highest BCUT2D eigenvalue weighted by Crippen LogP contribution is 2.23. The first-order valence-corrected chi connectivity index (χ1v) is 6.20. The molecule has 3 N–H and O–H groups in total. The SMILES string of the molecule is N=C(N)c1ccccc1N1CCSCC1. The van der Waals surface area contributed by atoms with Crippen LogP contribution in [0.4, 0.5) is 5.69 Å². The van der Waals surface area contributed by atoms with Crippen LogP contribution < -0.4 is 10.6 Å². The summed E-state index contributed by atoms with van der Waals surface area (Å²) in [5.74, 6) is 2.47. The van der Waals surface area contributed by atoms with E-state index < -0.39 is 0 Å². The first-order chi connectivity index (χ1) is 7.29. The summed E-state index contributed by atoms with van der Waals surface area (Å²) in [6.07, 6.45) is 0. The smallest absolute Gasteiger partial charge is 0.124 e. The number of nitrogen functional groups attached to an aromatic ring is 1. The van der Waals surface area contributed by atoms with E-state index in [1.807, 2.05) is 36.0 Å². The molecule has 80 valence electrons. The zero-order chi connectivity index (χ0) is 10.7. The highest BCUT2D eigenvalue weighted by atomic mass is 32.2. The number of nitrogens with zero attached hydrogens (tertiary/aromatic N) is 1. The molecule has 1 aromatic carbocycles. The normalized spacial score (nSPS) is 16.4. The van der Waals surface area contributed by atoms with Crippen LogP contribution in [0.3, 0.4) is 0 Å². The molecular formula is C11H15N3S. The van der Waals surface area contributed by atoms with E-state index in [2.05, 4.69) is 4.90 Å². The third kappa shape index (κ3) is 2.26. The van der Waals surface area contributed by atoms with Crippen LogP contribution in [0.2, 0.25) is 0 Å². The van der Waals surface area contributed by atoms with Gasteiger partial charge in [-0.2, -0.15) is 11.8 Å². The van der Waals surface area contributed by atoms with Crippen molar-refractivity contribution in [2.45, 2.75) is 0 Å². The number of para-hydroxylation sites is 1. The lowest BCUT2D eigenvalue weighted by Gasteiger charge is -2.30. The number of rotatable bonds is 2. The average molecular weight is 221 g/mol. The fourth-order valence-corrected chi connectivity index (χ4v) is 2.68. The predicted octanol–water partition coefficient (Wildman–Crippen LogP) is 1.52. The molecule has 1 aliphatic heterocycles. The lowest BCUT2D eigenvalue weighted by Crippen LogP contribution is -2.34. The summed E-state index contributed by atoms with van der Waals surface area (Å²) >= 11 is 1.98. The second kappa shape index (κ2) is 4.57. The molecule has 2 rings (SSSR count). The summed E-state index contributed by atoms with van der Waals surface area (Å²) in [7, 11) is 0. The molecule has 0 unspecified atom stereocenters. The van der Waals surface area contributed by atoms with Crippen LogP contribution in [0.5, 0.6) is 0 Å². The van der Waals surface area contributed by atoms with E-state index in [0.29, 0.717) is 0 Å². The van der Waals surface area contributed by atoms with Crippen LogP contribution >= 0.6 is 11.8 Å². The molecular weight excluding hydrogens is 206 g/mol. The Morgan fingerprint density at radius 1 is 1.27 bits per heavy atom. The topological polar surface area (TPSA) is 53.1 Å². The molecule has 0 amide bonds. The minimum absolute atomic E-state index is 0.156. The van der Waals surface area contributed by atoms with Crippen LogP contribution in [-0.4, -0.2) is 30.4 Å². The number of hydrogen-bond donors (Lipinski definition) is 2. The molecule has 1 aromatic rings. The van der Waals surface area contributed by atoms with Crippen molar-refractivity contribution in [3.05, 3.63) is 29.8 Å². The molecule has 0 spiro atoms. The average Bonchev–Trinajstić information content (AvgIpc) is 2.30. The minimum atomic E-state index is 0.156. The fraction of sp³-hybridized carbons (Fsp3) is 0.364. The number of amidine groups is 1. The molecule has 0 bridgehead atoms. The number of nitrogens with two attached hydrogens (primary N) is 1. The number of anilines is 1. The minimum Gasteiger partial charge on any atom is -0.384 e. The molecule has 0 atom stereocenters. The van der Waals surface area contributed by atoms with Gasteiger partial charge in [0.15, 0.2) is 0 Å². The lowest BCUT2D eigenvalue weighted by atomic mass is 10.1. The summed E-state index contributed by atoms with van der Waals surface area (Å²) in [4.78, 5) is 2.31. The Morgan fingerprint density at radius 2 is 1.93 bits per heavy atom. The summed E-state index contributed by atoms with van der Waals surface area (Å²) < 4.78 is 0. The summed E-state index contributed by atoms with van der Waals surface area (Å²) in [5.41, 5.74) is 7.53. The molecule has 0 aliphatic carbocycles. The van der Waals surface area contributed by atoms with Gasteiger partial charge in [0.1, 0.15) is 5.84 Å². The van der Waals surface area contributed by atoms with Gasteiger partial charge in [-0.1, -0.05) is 12.1 Å². The van der Waals surface area contributed by atoms with Crippen LogP contribution in [-0.2, 0) is 0 Å². The molecule has 15 heavy (non-hydrogen) atoms. The molecule has 3 nitrogen and oxygen atoms in total. The molecule has 1 fully saturated rings. The summed E-state index contributed by atoms with van der Waals surface area (Å²) in [6, 6.07) is 7.90. The molecule has 0 radical (unpaired) electrons. The second-order valence-electron chi connectivity index (χ2n) is 3.53. The first kappa shape index (κ1) is 10.4. The van der Waals surface area contributed by atoms with Gasteiger partial charge < -0.3 is 10.6 Å². The standard InChI is InChI=1S/C11H15N3S/c12-11(13)9-3-1-2-4-10(9)14-5-7-15-8-6-14/h1-4H,5-8H2,(H3,12,13). The van der Waals surface area contributed by atoms with Crippen LogP contribution in [0.1, 0.15) is 5.56 Å². The van der Waals surface area contributed by atoms with Gasteiger partial charge in [-0.05, 0) is 12.1 Å². The van der Waals surface area contributed by atoms with Crippen LogP contribution in [0.25, 0.3) is 0 Å². The lowest BCUT2D eigenvalue weighted by molar-refractivity contribution is 0.857. The van der Waals surface area contributed by atoms with Gasteiger partial charge >= 0.3 is 0 Å². The third-order valence-electron chi connectivity index (χ3n) is 2.55. The Hall–Kier alpha value is -1.16. The summed E-state index contributed by atoms with van der Waals surface area (Å²) in [6.45, 7) is 2.10. The zero-order valence-corrected chi connectivity index (χ0v) is 9.39. The van der Waals surface area contributed by atoms with Gasteiger partial charge in [0.05, 0.1) is 0 Å². The van der Waals surface area contributed by atoms with E-state index in [9.17, 15) is 0 Å². The third-order valence-corrected chi connectivity index (χ3v) is 3.49. The van der Waals surface area contributed by atoms with Gasteiger partial charge in [-0.25, -0.2) is 0 Å². The van der Waals surface area contributed by atoms with Crippen molar-refractivity contribution >= 4 is 23.3 Å². The Morgan fingerprint density at radius 3 is 2.60 bits per heavy atom. The molecule has 4 heteroatoms. The molecule has 1 saturated heterocycles. The van der Waals surface area contributed by atoms with E-state index in [0.717, 1.165) is 35.8 Å². The first-order valence-electron chi connectivity index (χ1n) is 5.05. The number of nitrogens with one attached hydrogen (secondary N) is 1. The van der Waals surface area contributed by atoms with Gasteiger partial charge in [0.2, 0.25) is 0 Å². The van der Waals surface area contributed by atoms with Gasteiger partial charge in [-0.15, -0.1) is 0 Å². The largest absolute Gasteiger partial charge is 0.384 e. The fourth-order valence-electron chi connectivity index (χ4n) is 1.78. The molecule has 1 heterocycles. The van der Waals surface area contributed by atoms with Crippen molar-refractivity contribution in [2.24, 2.45) is 5.73 Å². The highest BCUT2D eigenvalue weighted by molar-refractivity contribution is 7.99. The van der Waals surface area contributed by atoms with E-state index >= 15 is 0 Å². The second-order valence-corrected chi connectivity index (χ2v) is 4.75. The monoisotopic (exact) mass is 221 g/mol. The van der Waals surface area contributed by atoms with Gasteiger partial charge in [0.25, 0.3) is 0 Å². The molecule has 0 aromatic heterocycles. The number of thioether (sulfide) groups is 1.